The summed E-state index contributed by atoms with van der Waals surface area (Å²) in [5.74, 6) is 0.981. The van der Waals surface area contributed by atoms with Crippen LogP contribution in [0.5, 0.6) is 17.2 Å². The molecule has 3 N–H and O–H groups in total. The number of hydrogen-bond acceptors (Lipinski definition) is 6. The van der Waals surface area contributed by atoms with Gasteiger partial charge in [0.25, 0.3) is 0 Å². The molecule has 0 saturated heterocycles. The van der Waals surface area contributed by atoms with Gasteiger partial charge in [0.05, 0.1) is 18.9 Å². The van der Waals surface area contributed by atoms with Crippen molar-refractivity contribution in [2.24, 2.45) is 0 Å². The first-order valence-corrected chi connectivity index (χ1v) is 10.5. The van der Waals surface area contributed by atoms with Crippen molar-refractivity contribution >= 4 is 17.3 Å². The Labute approximate surface area is 186 Å². The summed E-state index contributed by atoms with van der Waals surface area (Å²) in [4.78, 5) is 12.8. The second-order valence-electron chi connectivity index (χ2n) is 7.56. The van der Waals surface area contributed by atoms with Crippen molar-refractivity contribution in [1.29, 1.82) is 0 Å². The van der Waals surface area contributed by atoms with E-state index in [2.05, 4.69) is 29.2 Å². The Bertz CT molecular complexity index is 1040. The molecule has 4 rings (SSSR count). The van der Waals surface area contributed by atoms with Crippen LogP contribution < -0.4 is 24.8 Å². The number of aliphatic carboxylic acids is 1. The lowest BCUT2D eigenvalue weighted by molar-refractivity contribution is -0.139. The Morgan fingerprint density at radius 1 is 0.875 bits per heavy atom. The maximum atomic E-state index is 10.5. The fourth-order valence-electron chi connectivity index (χ4n) is 3.62. The van der Waals surface area contributed by atoms with Crippen LogP contribution >= 0.6 is 0 Å². The van der Waals surface area contributed by atoms with Crippen LogP contribution in [0.25, 0.3) is 0 Å². The summed E-state index contributed by atoms with van der Waals surface area (Å²) in [7, 11) is 0. The quantitative estimate of drug-likeness (QED) is 0.366. The van der Waals surface area contributed by atoms with Crippen LogP contribution in [-0.4, -0.2) is 30.9 Å². The Morgan fingerprint density at radius 2 is 1.50 bits per heavy atom. The number of carboxylic acid groups (broad SMARTS) is 1. The van der Waals surface area contributed by atoms with Crippen molar-refractivity contribution in [3.63, 3.8) is 0 Å². The number of benzene rings is 3. The number of carboxylic acids is 1. The molecule has 0 saturated carbocycles. The number of hydrogen-bond donors (Lipinski definition) is 2. The van der Waals surface area contributed by atoms with Crippen molar-refractivity contribution in [3.8, 4) is 17.2 Å². The first-order chi connectivity index (χ1) is 15.6. The number of rotatable bonds is 10. The Kier molecular flexibility index (Phi) is 6.65. The Balaban J connectivity index is 1.26. The monoisotopic (exact) mass is 434 g/mol. The topological polar surface area (TPSA) is 94.2 Å². The zero-order valence-electron chi connectivity index (χ0n) is 17.7. The van der Waals surface area contributed by atoms with Gasteiger partial charge in [-0.2, -0.15) is 0 Å². The molecule has 0 aliphatic carbocycles. The van der Waals surface area contributed by atoms with Crippen molar-refractivity contribution in [3.05, 3.63) is 77.9 Å². The predicted octanol–water partition coefficient (Wildman–Crippen LogP) is 4.10. The van der Waals surface area contributed by atoms with Crippen LogP contribution in [0.2, 0.25) is 0 Å². The van der Waals surface area contributed by atoms with Gasteiger partial charge >= 0.3 is 5.97 Å². The molecular formula is C25H26N2O5. The van der Waals surface area contributed by atoms with E-state index in [0.29, 0.717) is 36.8 Å². The predicted molar refractivity (Wildman–Crippen MR) is 122 cm³/mol. The molecule has 1 aliphatic rings. The molecule has 0 unspecified atom stereocenters. The number of nitrogens with two attached hydrogens (primary N) is 1. The Morgan fingerprint density at radius 3 is 2.16 bits per heavy atom. The van der Waals surface area contributed by atoms with E-state index in [-0.39, 0.29) is 6.61 Å². The summed E-state index contributed by atoms with van der Waals surface area (Å²) in [6.07, 6.45) is 0.710. The molecule has 1 heterocycles. The SMILES string of the molecule is Nc1ccc(OCCCOc2ccc(OCC(=O)O)cc2)c(N2Cc3ccccc3C2)c1. The van der Waals surface area contributed by atoms with Crippen molar-refractivity contribution in [2.75, 3.05) is 30.5 Å². The van der Waals surface area contributed by atoms with Crippen molar-refractivity contribution < 1.29 is 24.1 Å². The molecule has 7 nitrogen and oxygen atoms in total. The average molecular weight is 434 g/mol. The first kappa shape index (κ1) is 21.4. The van der Waals surface area contributed by atoms with E-state index in [4.69, 9.17) is 25.1 Å². The largest absolute Gasteiger partial charge is 0.493 e. The zero-order chi connectivity index (χ0) is 22.3. The third kappa shape index (κ3) is 5.43. The van der Waals surface area contributed by atoms with Crippen molar-refractivity contribution in [1.82, 2.24) is 0 Å². The molecule has 3 aromatic carbocycles. The minimum Gasteiger partial charge on any atom is -0.493 e. The zero-order valence-corrected chi connectivity index (χ0v) is 17.7. The Hall–Kier alpha value is -3.87. The molecule has 7 heteroatoms. The van der Waals surface area contributed by atoms with Gasteiger partial charge < -0.3 is 30.0 Å². The molecule has 0 atom stereocenters. The number of nitrogen functional groups attached to an aromatic ring is 1. The molecule has 1 aliphatic heterocycles. The van der Waals surface area contributed by atoms with Gasteiger partial charge in [0.2, 0.25) is 0 Å². The third-order valence-corrected chi connectivity index (χ3v) is 5.17. The molecule has 0 spiro atoms. The lowest BCUT2D eigenvalue weighted by atomic mass is 10.1. The van der Waals surface area contributed by atoms with Crippen LogP contribution in [0, 0.1) is 0 Å². The minimum atomic E-state index is -1.01. The van der Waals surface area contributed by atoms with Crippen LogP contribution in [0.15, 0.2) is 66.7 Å². The smallest absolute Gasteiger partial charge is 0.341 e. The highest BCUT2D eigenvalue weighted by Gasteiger charge is 2.21. The van der Waals surface area contributed by atoms with Crippen LogP contribution in [0.3, 0.4) is 0 Å². The maximum absolute atomic E-state index is 10.5. The van der Waals surface area contributed by atoms with E-state index in [1.807, 2.05) is 18.2 Å². The van der Waals surface area contributed by atoms with E-state index in [1.165, 1.54) is 11.1 Å². The van der Waals surface area contributed by atoms with Gasteiger partial charge in [0.1, 0.15) is 17.2 Å². The van der Waals surface area contributed by atoms with Gasteiger partial charge in [-0.05, 0) is 53.6 Å². The summed E-state index contributed by atoms with van der Waals surface area (Å²) in [6, 6.07) is 21.1. The number of fused-ring (bicyclic) bond motifs is 1. The fourth-order valence-corrected chi connectivity index (χ4v) is 3.62. The highest BCUT2D eigenvalue weighted by Crippen LogP contribution is 2.36. The summed E-state index contributed by atoms with van der Waals surface area (Å²) >= 11 is 0. The third-order valence-electron chi connectivity index (χ3n) is 5.17. The van der Waals surface area contributed by atoms with Crippen LogP contribution in [-0.2, 0) is 17.9 Å². The second kappa shape index (κ2) is 9.96. The van der Waals surface area contributed by atoms with Gasteiger partial charge in [0, 0.05) is 25.2 Å². The lowest BCUT2D eigenvalue weighted by Crippen LogP contribution is -2.16. The van der Waals surface area contributed by atoms with E-state index in [0.717, 1.165) is 24.5 Å². The van der Waals surface area contributed by atoms with E-state index in [9.17, 15) is 4.79 Å². The van der Waals surface area contributed by atoms with E-state index >= 15 is 0 Å². The van der Waals surface area contributed by atoms with Gasteiger partial charge in [-0.1, -0.05) is 24.3 Å². The lowest BCUT2D eigenvalue weighted by Gasteiger charge is -2.22. The molecular weight excluding hydrogens is 408 g/mol. The summed E-state index contributed by atoms with van der Waals surface area (Å²) in [5.41, 5.74) is 10.4. The van der Waals surface area contributed by atoms with Crippen LogP contribution in [0.4, 0.5) is 11.4 Å². The van der Waals surface area contributed by atoms with Crippen LogP contribution in [0.1, 0.15) is 17.5 Å². The maximum Gasteiger partial charge on any atom is 0.341 e. The number of anilines is 2. The molecule has 166 valence electrons. The molecule has 0 aromatic heterocycles. The highest BCUT2D eigenvalue weighted by molar-refractivity contribution is 5.68. The summed E-state index contributed by atoms with van der Waals surface area (Å²) in [5, 5.41) is 8.64. The normalized spacial score (nSPS) is 12.3. The summed E-state index contributed by atoms with van der Waals surface area (Å²) in [6.45, 7) is 2.32. The van der Waals surface area contributed by atoms with Gasteiger partial charge in [-0.25, -0.2) is 4.79 Å². The molecule has 0 bridgehead atoms. The summed E-state index contributed by atoms with van der Waals surface area (Å²) < 4.78 is 16.9. The second-order valence-corrected chi connectivity index (χ2v) is 7.56. The van der Waals surface area contributed by atoms with Gasteiger partial charge in [-0.15, -0.1) is 0 Å². The highest BCUT2D eigenvalue weighted by atomic mass is 16.5. The van der Waals surface area contributed by atoms with Gasteiger partial charge in [-0.3, -0.25) is 0 Å². The van der Waals surface area contributed by atoms with Gasteiger partial charge in [0.15, 0.2) is 6.61 Å². The molecule has 0 radical (unpaired) electrons. The number of carbonyl (C=O) groups is 1. The standard InChI is InChI=1S/C25H26N2O5/c26-20-6-11-24(23(14-20)27-15-18-4-1-2-5-19(18)16-27)31-13-3-12-30-21-7-9-22(10-8-21)32-17-25(28)29/h1-2,4-11,14H,3,12-13,15-17,26H2,(H,28,29). The fraction of sp³-hybridized carbons (Fsp3) is 0.240. The van der Waals surface area contributed by atoms with E-state index < -0.39 is 5.97 Å². The molecule has 0 amide bonds. The molecule has 32 heavy (non-hydrogen) atoms. The number of nitrogens with zero attached hydrogens (tertiary/aromatic N) is 1. The van der Waals surface area contributed by atoms with Crippen molar-refractivity contribution in [2.45, 2.75) is 19.5 Å². The molecule has 0 fully saturated rings. The average Bonchev–Trinajstić information content (AvgIpc) is 3.23. The molecule has 3 aromatic rings. The number of ether oxygens (including phenoxy) is 3. The van der Waals surface area contributed by atoms with E-state index in [1.54, 1.807) is 24.3 Å². The minimum absolute atomic E-state index is 0.367. The first-order valence-electron chi connectivity index (χ1n) is 10.5.